The van der Waals surface area contributed by atoms with Crippen molar-refractivity contribution < 1.29 is 29.1 Å². The van der Waals surface area contributed by atoms with Crippen LogP contribution in [0.5, 0.6) is 11.5 Å². The van der Waals surface area contributed by atoms with Crippen LogP contribution in [0.1, 0.15) is 55.2 Å². The Kier molecular flexibility index (Phi) is 10.7. The summed E-state index contributed by atoms with van der Waals surface area (Å²) in [4.78, 5) is 45.7. The molecular weight excluding hydrogens is 556 g/mol. The molecular formula is C33H35ClN2O6. The first-order valence-corrected chi connectivity index (χ1v) is 14.4. The van der Waals surface area contributed by atoms with E-state index in [1.54, 1.807) is 49.6 Å². The molecule has 1 heterocycles. The minimum absolute atomic E-state index is 0.0433. The van der Waals surface area contributed by atoms with Gasteiger partial charge in [-0.1, -0.05) is 66.1 Å². The Morgan fingerprint density at radius 2 is 1.83 bits per heavy atom. The number of carbonyl (C=O) groups excluding carboxylic acids is 2. The number of benzene rings is 3. The van der Waals surface area contributed by atoms with Crippen molar-refractivity contribution in [3.8, 4) is 11.5 Å². The maximum atomic E-state index is 13.9. The van der Waals surface area contributed by atoms with Crippen LogP contribution in [-0.4, -0.2) is 47.2 Å². The lowest BCUT2D eigenvalue weighted by molar-refractivity contribution is -0.146. The molecule has 1 N–H and O–H groups in total. The lowest BCUT2D eigenvalue weighted by atomic mass is 9.91. The molecule has 0 spiro atoms. The van der Waals surface area contributed by atoms with E-state index in [-0.39, 0.29) is 37.1 Å². The lowest BCUT2D eigenvalue weighted by Gasteiger charge is -2.25. The van der Waals surface area contributed by atoms with Crippen molar-refractivity contribution in [2.45, 2.75) is 51.4 Å². The zero-order valence-electron chi connectivity index (χ0n) is 23.8. The summed E-state index contributed by atoms with van der Waals surface area (Å²) in [5.41, 5.74) is 3.01. The van der Waals surface area contributed by atoms with Crippen LogP contribution >= 0.6 is 11.6 Å². The number of carbonyl (C=O) groups is 3. The average molecular weight is 591 g/mol. The van der Waals surface area contributed by atoms with Gasteiger partial charge in [0.15, 0.2) is 5.75 Å². The number of nitrogens with zero attached hydrogens (tertiary/aromatic N) is 2. The summed E-state index contributed by atoms with van der Waals surface area (Å²) in [6.45, 7) is 2.03. The number of hydrogen-bond donors (Lipinski definition) is 1. The summed E-state index contributed by atoms with van der Waals surface area (Å²) < 4.78 is 5.51. The van der Waals surface area contributed by atoms with E-state index >= 15 is 0 Å². The van der Waals surface area contributed by atoms with Gasteiger partial charge in [-0.05, 0) is 78.6 Å². The smallest absolute Gasteiger partial charge is 0.307 e. The summed E-state index contributed by atoms with van der Waals surface area (Å²) in [6.07, 6.45) is 2.06. The van der Waals surface area contributed by atoms with Crippen molar-refractivity contribution in [2.24, 2.45) is 11.1 Å². The predicted octanol–water partition coefficient (Wildman–Crippen LogP) is 6.30. The van der Waals surface area contributed by atoms with Gasteiger partial charge in [0.25, 0.3) is 0 Å². The van der Waals surface area contributed by atoms with E-state index in [9.17, 15) is 14.4 Å². The minimum atomic E-state index is -0.900. The number of carboxylic acids is 1. The highest BCUT2D eigenvalue weighted by molar-refractivity contribution is 6.30. The van der Waals surface area contributed by atoms with E-state index in [4.69, 9.17) is 26.3 Å². The second kappa shape index (κ2) is 14.6. The molecule has 1 aliphatic rings. The number of methoxy groups -OCH3 is 1. The molecule has 3 aromatic rings. The number of carboxylic acid groups (broad SMARTS) is 1. The van der Waals surface area contributed by atoms with Crippen LogP contribution in [0.4, 0.5) is 0 Å². The van der Waals surface area contributed by atoms with Gasteiger partial charge < -0.3 is 14.7 Å². The van der Waals surface area contributed by atoms with Gasteiger partial charge in [0.2, 0.25) is 11.8 Å². The highest BCUT2D eigenvalue weighted by Gasteiger charge is 2.35. The van der Waals surface area contributed by atoms with Crippen LogP contribution < -0.4 is 9.57 Å². The summed E-state index contributed by atoms with van der Waals surface area (Å²) in [6, 6.07) is 21.7. The van der Waals surface area contributed by atoms with Crippen LogP contribution in [0.3, 0.4) is 0 Å². The zero-order valence-corrected chi connectivity index (χ0v) is 24.5. The van der Waals surface area contributed by atoms with Gasteiger partial charge in [-0.3, -0.25) is 19.3 Å². The number of likely N-dealkylation sites (tertiary alicyclic amines) is 1. The maximum absolute atomic E-state index is 13.9. The molecule has 4 rings (SSSR count). The molecule has 1 aliphatic heterocycles. The molecule has 0 saturated carbocycles. The number of ether oxygens (including phenoxy) is 1. The zero-order chi connectivity index (χ0) is 30.1. The lowest BCUT2D eigenvalue weighted by Crippen LogP contribution is -2.42. The molecule has 0 aromatic heterocycles. The first-order chi connectivity index (χ1) is 20.3. The Balaban J connectivity index is 1.58. The van der Waals surface area contributed by atoms with E-state index in [0.717, 1.165) is 11.1 Å². The van der Waals surface area contributed by atoms with E-state index in [2.05, 4.69) is 5.16 Å². The molecule has 220 valence electrons. The number of aliphatic carboxylic acids is 1. The number of imide groups is 1. The first-order valence-electron chi connectivity index (χ1n) is 14.0. The Labute approximate surface area is 250 Å². The molecule has 2 amide bonds. The third-order valence-corrected chi connectivity index (χ3v) is 7.73. The third-order valence-electron chi connectivity index (χ3n) is 7.49. The van der Waals surface area contributed by atoms with Crippen molar-refractivity contribution >= 4 is 35.1 Å². The van der Waals surface area contributed by atoms with Gasteiger partial charge >= 0.3 is 5.97 Å². The van der Waals surface area contributed by atoms with Gasteiger partial charge in [0.1, 0.15) is 5.75 Å². The van der Waals surface area contributed by atoms with Crippen LogP contribution in [-0.2, 0) is 27.2 Å². The number of halogens is 1. The van der Waals surface area contributed by atoms with Gasteiger partial charge in [-0.25, -0.2) is 0 Å². The summed E-state index contributed by atoms with van der Waals surface area (Å²) in [5.74, 6) is -0.884. The van der Waals surface area contributed by atoms with Gasteiger partial charge in [-0.15, -0.1) is 0 Å². The largest absolute Gasteiger partial charge is 0.496 e. The van der Waals surface area contributed by atoms with E-state index in [1.807, 2.05) is 37.3 Å². The van der Waals surface area contributed by atoms with Crippen LogP contribution in [0.2, 0.25) is 5.02 Å². The molecule has 9 heteroatoms. The quantitative estimate of drug-likeness (QED) is 0.263. The monoisotopic (exact) mass is 590 g/mol. The Morgan fingerprint density at radius 3 is 2.50 bits per heavy atom. The third kappa shape index (κ3) is 8.19. The second-order valence-corrected chi connectivity index (χ2v) is 10.8. The summed E-state index contributed by atoms with van der Waals surface area (Å²) >= 11 is 6.26. The van der Waals surface area contributed by atoms with Crippen molar-refractivity contribution in [2.75, 3.05) is 13.7 Å². The molecule has 3 aromatic carbocycles. The number of hydrogen-bond acceptors (Lipinski definition) is 6. The number of para-hydroxylation sites is 1. The fraction of sp³-hybridized carbons (Fsp3) is 0.333. The van der Waals surface area contributed by atoms with E-state index in [0.29, 0.717) is 53.5 Å². The standard InChI is InChI=1S/C33H35ClN2O6/c1-3-23(24-11-9-22(10-12-24)17-32(38)39)20-31(37)36-21-28(35-42-29-7-5-4-6-8-29)15-13-25(33(36)40)18-26-19-27(34)14-16-30(26)41-2/h4-12,14,16,19,23,25H,3,13,15,17-18,20-21H2,1-2H3,(H,38,39)/b35-28+/t23-,25?/m0/s1. The van der Waals surface area contributed by atoms with Crippen molar-refractivity contribution in [3.05, 3.63) is 94.5 Å². The molecule has 2 atom stereocenters. The minimum Gasteiger partial charge on any atom is -0.496 e. The maximum Gasteiger partial charge on any atom is 0.307 e. The van der Waals surface area contributed by atoms with Crippen LogP contribution in [0, 0.1) is 5.92 Å². The van der Waals surface area contributed by atoms with Gasteiger partial charge in [0.05, 0.1) is 25.8 Å². The molecule has 0 aliphatic carbocycles. The van der Waals surface area contributed by atoms with Crippen molar-refractivity contribution in [3.63, 3.8) is 0 Å². The van der Waals surface area contributed by atoms with E-state index in [1.165, 1.54) is 4.90 Å². The van der Waals surface area contributed by atoms with Gasteiger partial charge in [-0.2, -0.15) is 0 Å². The summed E-state index contributed by atoms with van der Waals surface area (Å²) in [5, 5.41) is 13.9. The Bertz CT molecular complexity index is 1420. The Hall–Kier alpha value is -4.17. The molecule has 1 fully saturated rings. The van der Waals surface area contributed by atoms with Crippen molar-refractivity contribution in [1.82, 2.24) is 4.90 Å². The van der Waals surface area contributed by atoms with Crippen LogP contribution in [0.25, 0.3) is 0 Å². The molecule has 0 radical (unpaired) electrons. The first kappa shape index (κ1) is 30.8. The fourth-order valence-electron chi connectivity index (χ4n) is 5.17. The average Bonchev–Trinajstić information content (AvgIpc) is 3.14. The van der Waals surface area contributed by atoms with Crippen molar-refractivity contribution in [1.29, 1.82) is 0 Å². The Morgan fingerprint density at radius 1 is 1.10 bits per heavy atom. The SMILES string of the molecule is CC[C@@H](CC(=O)N1C/C(=N/Oc2ccccc2)CCC(Cc2cc(Cl)ccc2OC)C1=O)c1ccc(CC(=O)O)cc1. The molecule has 0 bridgehead atoms. The topological polar surface area (TPSA) is 106 Å². The fourth-order valence-corrected chi connectivity index (χ4v) is 5.37. The second-order valence-electron chi connectivity index (χ2n) is 10.4. The number of amides is 2. The molecule has 42 heavy (non-hydrogen) atoms. The van der Waals surface area contributed by atoms with Gasteiger partial charge in [0, 0.05) is 17.4 Å². The highest BCUT2D eigenvalue weighted by Crippen LogP contribution is 2.31. The summed E-state index contributed by atoms with van der Waals surface area (Å²) in [7, 11) is 1.57. The van der Waals surface area contributed by atoms with E-state index < -0.39 is 11.9 Å². The normalized spacial score (nSPS) is 17.0. The molecule has 1 unspecified atom stereocenters. The number of rotatable bonds is 11. The van der Waals surface area contributed by atoms with Crippen LogP contribution in [0.15, 0.2) is 78.0 Å². The highest BCUT2D eigenvalue weighted by atomic mass is 35.5. The predicted molar refractivity (Wildman–Crippen MR) is 161 cm³/mol. The number of oxime groups is 1. The molecule has 1 saturated heterocycles. The molecule has 8 nitrogen and oxygen atoms in total.